The molecule has 0 spiro atoms. The number of thiophene rings is 1. The van der Waals surface area contributed by atoms with Gasteiger partial charge in [0.15, 0.2) is 11.5 Å². The number of benzene rings is 2. The van der Waals surface area contributed by atoms with Crippen molar-refractivity contribution in [2.75, 3.05) is 6.79 Å². The number of nitrogens with one attached hydrogen (secondary N) is 1. The van der Waals surface area contributed by atoms with Gasteiger partial charge >= 0.3 is 0 Å². The highest BCUT2D eigenvalue weighted by Crippen LogP contribution is 2.37. The van der Waals surface area contributed by atoms with Crippen molar-refractivity contribution < 1.29 is 19.2 Å². The summed E-state index contributed by atoms with van der Waals surface area (Å²) in [5, 5.41) is 17.6. The first-order valence-electron chi connectivity index (χ1n) is 7.51. The maximum Gasteiger partial charge on any atom is 0.282 e. The minimum absolute atomic E-state index is 0.00898. The first-order chi connectivity index (χ1) is 12.6. The van der Waals surface area contributed by atoms with Crippen LogP contribution in [0.2, 0.25) is 0 Å². The van der Waals surface area contributed by atoms with Crippen LogP contribution < -0.4 is 14.9 Å². The second kappa shape index (κ2) is 6.45. The zero-order valence-electron chi connectivity index (χ0n) is 13.2. The summed E-state index contributed by atoms with van der Waals surface area (Å²) in [6, 6.07) is 10.3. The molecule has 3 aromatic rings. The van der Waals surface area contributed by atoms with Crippen molar-refractivity contribution in [1.29, 1.82) is 0 Å². The Morgan fingerprint density at radius 3 is 2.85 bits per heavy atom. The smallest absolute Gasteiger partial charge is 0.282 e. The number of nitro groups is 1. The minimum atomic E-state index is -0.544. The number of rotatable bonds is 4. The van der Waals surface area contributed by atoms with E-state index in [4.69, 9.17) is 9.47 Å². The lowest BCUT2D eigenvalue weighted by Crippen LogP contribution is -2.17. The second-order valence-corrected chi connectivity index (χ2v) is 6.28. The van der Waals surface area contributed by atoms with E-state index in [1.807, 2.05) is 24.3 Å². The zero-order chi connectivity index (χ0) is 18.1. The van der Waals surface area contributed by atoms with E-state index in [2.05, 4.69) is 10.5 Å². The third-order valence-corrected chi connectivity index (χ3v) is 4.78. The number of hydrogen-bond donors (Lipinski definition) is 1. The monoisotopic (exact) mass is 369 g/mol. The van der Waals surface area contributed by atoms with Gasteiger partial charge in [0, 0.05) is 15.5 Å². The summed E-state index contributed by atoms with van der Waals surface area (Å²) < 4.78 is 11.3. The predicted octanol–water partition coefficient (Wildman–Crippen LogP) is 3.30. The van der Waals surface area contributed by atoms with E-state index in [1.165, 1.54) is 29.7 Å². The minimum Gasteiger partial charge on any atom is -0.454 e. The van der Waals surface area contributed by atoms with E-state index in [0.29, 0.717) is 17.1 Å². The number of nitro benzene ring substituents is 1. The number of nitrogens with zero attached hydrogens (tertiary/aromatic N) is 2. The van der Waals surface area contributed by atoms with Crippen LogP contribution in [-0.4, -0.2) is 23.8 Å². The molecule has 1 aliphatic heterocycles. The van der Waals surface area contributed by atoms with Crippen LogP contribution in [0.3, 0.4) is 0 Å². The summed E-state index contributed by atoms with van der Waals surface area (Å²) in [6.07, 6.45) is 1.21. The number of hydrogen-bond acceptors (Lipinski definition) is 7. The molecule has 4 rings (SSSR count). The average Bonchev–Trinajstić information content (AvgIpc) is 3.27. The van der Waals surface area contributed by atoms with Crippen LogP contribution in [0.5, 0.6) is 11.5 Å². The lowest BCUT2D eigenvalue weighted by molar-refractivity contribution is -0.385. The topological polar surface area (TPSA) is 103 Å². The molecule has 1 aliphatic rings. The van der Waals surface area contributed by atoms with Crippen LogP contribution in [0, 0.1) is 10.1 Å². The maximum atomic E-state index is 12.3. The van der Waals surface area contributed by atoms with Gasteiger partial charge in [-0.3, -0.25) is 14.9 Å². The van der Waals surface area contributed by atoms with Crippen molar-refractivity contribution in [1.82, 2.24) is 5.43 Å². The highest BCUT2D eigenvalue weighted by Gasteiger charge is 2.22. The van der Waals surface area contributed by atoms with Gasteiger partial charge < -0.3 is 9.47 Å². The number of amides is 1. The largest absolute Gasteiger partial charge is 0.454 e. The molecule has 2 aromatic carbocycles. The molecule has 1 aromatic heterocycles. The van der Waals surface area contributed by atoms with Gasteiger partial charge in [-0.1, -0.05) is 18.2 Å². The third-order valence-electron chi connectivity index (χ3n) is 3.81. The normalized spacial score (nSPS) is 12.6. The molecule has 0 fully saturated rings. The number of hydrazone groups is 1. The van der Waals surface area contributed by atoms with Gasteiger partial charge in [-0.05, 0) is 12.1 Å². The molecule has 0 saturated heterocycles. The molecule has 0 radical (unpaired) electrons. The number of fused-ring (bicyclic) bond motifs is 2. The zero-order valence-corrected chi connectivity index (χ0v) is 14.0. The Morgan fingerprint density at radius 2 is 2.04 bits per heavy atom. The van der Waals surface area contributed by atoms with Crippen molar-refractivity contribution >= 4 is 39.2 Å². The van der Waals surface area contributed by atoms with Gasteiger partial charge in [-0.15, -0.1) is 11.3 Å². The van der Waals surface area contributed by atoms with Crippen LogP contribution in [0.1, 0.15) is 15.9 Å². The van der Waals surface area contributed by atoms with Crippen LogP contribution >= 0.6 is 11.3 Å². The van der Waals surface area contributed by atoms with Crippen molar-refractivity contribution in [3.05, 3.63) is 63.0 Å². The summed E-state index contributed by atoms with van der Waals surface area (Å²) in [4.78, 5) is 23.0. The standard InChI is InChI=1S/C17H11N3O5S/c21-17(12-8-26-16-4-2-1-3-11(12)16)19-18-7-10-5-14-15(25-9-24-14)6-13(10)20(22)23/h1-8H,9H2,(H,19,21)/b18-7+. The Bertz CT molecular complexity index is 1060. The van der Waals surface area contributed by atoms with Crippen molar-refractivity contribution in [3.8, 4) is 11.5 Å². The summed E-state index contributed by atoms with van der Waals surface area (Å²) in [7, 11) is 0. The molecule has 1 N–H and O–H groups in total. The Morgan fingerprint density at radius 1 is 1.27 bits per heavy atom. The molecular formula is C17H11N3O5S. The highest BCUT2D eigenvalue weighted by atomic mass is 32.1. The molecule has 0 bridgehead atoms. The van der Waals surface area contributed by atoms with E-state index >= 15 is 0 Å². The predicted molar refractivity (Wildman–Crippen MR) is 96.1 cm³/mol. The summed E-state index contributed by atoms with van der Waals surface area (Å²) in [5.74, 6) is 0.317. The quantitative estimate of drug-likeness (QED) is 0.432. The number of ether oxygens (including phenoxy) is 2. The summed E-state index contributed by atoms with van der Waals surface area (Å²) in [5.41, 5.74) is 2.92. The van der Waals surface area contributed by atoms with Gasteiger partial charge in [-0.2, -0.15) is 5.10 Å². The molecular weight excluding hydrogens is 358 g/mol. The van der Waals surface area contributed by atoms with Crippen LogP contribution in [0.4, 0.5) is 5.69 Å². The van der Waals surface area contributed by atoms with E-state index < -0.39 is 4.92 Å². The van der Waals surface area contributed by atoms with Gasteiger partial charge in [0.05, 0.1) is 28.3 Å². The molecule has 2 heterocycles. The molecule has 0 atom stereocenters. The molecule has 8 nitrogen and oxygen atoms in total. The first kappa shape index (κ1) is 16.0. The third kappa shape index (κ3) is 2.84. The summed E-state index contributed by atoms with van der Waals surface area (Å²) in [6.45, 7) is 0.00898. The highest BCUT2D eigenvalue weighted by molar-refractivity contribution is 7.17. The SMILES string of the molecule is O=C(N/N=C/c1cc2c(cc1[N+](=O)[O-])OCO2)c1csc2ccccc12. The van der Waals surface area contributed by atoms with Crippen molar-refractivity contribution in [2.45, 2.75) is 0 Å². The van der Waals surface area contributed by atoms with Gasteiger partial charge in [0.1, 0.15) is 0 Å². The molecule has 26 heavy (non-hydrogen) atoms. The van der Waals surface area contributed by atoms with Gasteiger partial charge in [-0.25, -0.2) is 5.43 Å². The van der Waals surface area contributed by atoms with Crippen LogP contribution in [-0.2, 0) is 0 Å². The fourth-order valence-corrected chi connectivity index (χ4v) is 3.52. The maximum absolute atomic E-state index is 12.3. The Kier molecular flexibility index (Phi) is 3.98. The number of carbonyl (C=O) groups excluding carboxylic acids is 1. The molecule has 130 valence electrons. The second-order valence-electron chi connectivity index (χ2n) is 5.37. The lowest BCUT2D eigenvalue weighted by Gasteiger charge is -2.01. The molecule has 0 aliphatic carbocycles. The average molecular weight is 369 g/mol. The van der Waals surface area contributed by atoms with E-state index in [9.17, 15) is 14.9 Å². The number of carbonyl (C=O) groups is 1. The molecule has 1 amide bonds. The fourth-order valence-electron chi connectivity index (χ4n) is 2.58. The van der Waals surface area contributed by atoms with Gasteiger partial charge in [0.2, 0.25) is 6.79 Å². The van der Waals surface area contributed by atoms with Crippen LogP contribution in [0.25, 0.3) is 10.1 Å². The molecule has 9 heteroatoms. The Labute approximate surface area is 150 Å². The first-order valence-corrected chi connectivity index (χ1v) is 8.39. The fraction of sp³-hybridized carbons (Fsp3) is 0.0588. The Balaban J connectivity index is 1.57. The van der Waals surface area contributed by atoms with E-state index in [1.54, 1.807) is 5.38 Å². The van der Waals surface area contributed by atoms with E-state index in [0.717, 1.165) is 10.1 Å². The summed E-state index contributed by atoms with van der Waals surface area (Å²) >= 11 is 1.46. The van der Waals surface area contributed by atoms with E-state index in [-0.39, 0.29) is 24.0 Å². The van der Waals surface area contributed by atoms with Crippen molar-refractivity contribution in [2.24, 2.45) is 5.10 Å². The lowest BCUT2D eigenvalue weighted by atomic mass is 10.1. The van der Waals surface area contributed by atoms with Crippen molar-refractivity contribution in [3.63, 3.8) is 0 Å². The van der Waals surface area contributed by atoms with Crippen LogP contribution in [0.15, 0.2) is 46.9 Å². The molecule has 0 unspecified atom stereocenters. The Hall–Kier alpha value is -3.46. The molecule has 0 saturated carbocycles. The van der Waals surface area contributed by atoms with Gasteiger partial charge in [0.25, 0.3) is 11.6 Å².